The zero-order chi connectivity index (χ0) is 6.83. The average Bonchev–Trinajstić information content (AvgIpc) is 1.71. The molecule has 48 valence electrons. The molecule has 0 saturated heterocycles. The fourth-order valence-corrected chi connectivity index (χ4v) is 0.204. The van der Waals surface area contributed by atoms with Crippen LogP contribution < -0.4 is 0 Å². The zero-order valence-corrected chi connectivity index (χ0v) is 5.77. The summed E-state index contributed by atoms with van der Waals surface area (Å²) in [5.74, 6) is 0. The van der Waals surface area contributed by atoms with Crippen molar-refractivity contribution in [1.82, 2.24) is 0 Å². The summed E-state index contributed by atoms with van der Waals surface area (Å²) in [6, 6.07) is 1.75. The van der Waals surface area contributed by atoms with Crippen LogP contribution in [0.1, 0.15) is 20.8 Å². The second-order valence-electron chi connectivity index (χ2n) is 1.01. The fraction of sp³-hybridized carbons (Fsp3) is 0.833. The number of nitriles is 1. The average molecular weight is 115 g/mol. The number of hydrogen-bond donors (Lipinski definition) is 0. The summed E-state index contributed by atoms with van der Waals surface area (Å²) in [7, 11) is 0. The summed E-state index contributed by atoms with van der Waals surface area (Å²) in [6.07, 6.45) is 0. The molecule has 0 aromatic heterocycles. The summed E-state index contributed by atoms with van der Waals surface area (Å²) in [5.41, 5.74) is 0. The predicted molar refractivity (Wildman–Crippen MR) is 33.5 cm³/mol. The van der Waals surface area contributed by atoms with Crippen molar-refractivity contribution in [3.05, 3.63) is 0 Å². The van der Waals surface area contributed by atoms with E-state index >= 15 is 0 Å². The highest BCUT2D eigenvalue weighted by atomic mass is 16.5. The summed E-state index contributed by atoms with van der Waals surface area (Å²) >= 11 is 0. The van der Waals surface area contributed by atoms with Crippen molar-refractivity contribution >= 4 is 0 Å². The molecule has 0 aliphatic carbocycles. The molecule has 0 aromatic rings. The number of ether oxygens (including phenoxy) is 1. The molecule has 0 N–H and O–H groups in total. The van der Waals surface area contributed by atoms with Gasteiger partial charge in [0.05, 0.1) is 6.07 Å². The van der Waals surface area contributed by atoms with E-state index in [1.807, 2.05) is 13.8 Å². The first-order chi connectivity index (χ1) is 3.83. The van der Waals surface area contributed by atoms with Crippen LogP contribution in [-0.2, 0) is 4.74 Å². The lowest BCUT2D eigenvalue weighted by molar-refractivity contribution is 0.162. The Labute approximate surface area is 51.1 Å². The molecule has 0 aliphatic heterocycles. The van der Waals surface area contributed by atoms with Crippen LogP contribution in [-0.4, -0.2) is 13.2 Å². The molecule has 0 amide bonds. The molecule has 8 heavy (non-hydrogen) atoms. The zero-order valence-electron chi connectivity index (χ0n) is 5.77. The molecule has 0 aromatic carbocycles. The second-order valence-corrected chi connectivity index (χ2v) is 1.01. The first-order valence-corrected chi connectivity index (χ1v) is 2.72. The lowest BCUT2D eigenvalue weighted by Gasteiger charge is -1.86. The molecule has 0 aliphatic rings. The minimum absolute atomic E-state index is 0.844. The molecule has 0 heterocycles. The Bertz CT molecular complexity index is 54.0. The molecule has 0 saturated carbocycles. The van der Waals surface area contributed by atoms with Gasteiger partial charge in [0.2, 0.25) is 0 Å². The maximum absolute atomic E-state index is 7.32. The summed E-state index contributed by atoms with van der Waals surface area (Å²) < 4.78 is 4.83. The normalized spacial score (nSPS) is 6.25. The quantitative estimate of drug-likeness (QED) is 0.547. The van der Waals surface area contributed by atoms with Crippen LogP contribution in [0.2, 0.25) is 0 Å². The van der Waals surface area contributed by atoms with Gasteiger partial charge in [0.25, 0.3) is 0 Å². The van der Waals surface area contributed by atoms with Gasteiger partial charge in [-0.2, -0.15) is 5.26 Å². The Morgan fingerprint density at radius 3 is 1.62 bits per heavy atom. The summed E-state index contributed by atoms with van der Waals surface area (Å²) in [5, 5.41) is 7.32. The molecule has 0 fully saturated rings. The van der Waals surface area contributed by atoms with Crippen LogP contribution in [0.3, 0.4) is 0 Å². The van der Waals surface area contributed by atoms with E-state index in [0.717, 1.165) is 13.2 Å². The lowest BCUT2D eigenvalue weighted by atomic mass is 10.8. The van der Waals surface area contributed by atoms with Gasteiger partial charge in [-0.15, -0.1) is 0 Å². The molecule has 0 radical (unpaired) electrons. The van der Waals surface area contributed by atoms with Crippen molar-refractivity contribution < 1.29 is 4.74 Å². The lowest BCUT2D eigenvalue weighted by Crippen LogP contribution is -1.84. The van der Waals surface area contributed by atoms with Crippen LogP contribution in [0.5, 0.6) is 0 Å². The van der Waals surface area contributed by atoms with Gasteiger partial charge in [-0.3, -0.25) is 0 Å². The Balaban J connectivity index is 0. The molecular formula is C6H13NO. The van der Waals surface area contributed by atoms with Crippen molar-refractivity contribution in [2.75, 3.05) is 13.2 Å². The van der Waals surface area contributed by atoms with Gasteiger partial charge in [0.15, 0.2) is 0 Å². The van der Waals surface area contributed by atoms with Crippen molar-refractivity contribution in [2.45, 2.75) is 20.8 Å². The Hall–Kier alpha value is -0.550. The SMILES string of the molecule is CC#N.CCOCC. The predicted octanol–water partition coefficient (Wildman–Crippen LogP) is 1.57. The topological polar surface area (TPSA) is 33.0 Å². The van der Waals surface area contributed by atoms with Crippen LogP contribution in [0.25, 0.3) is 0 Å². The fourth-order valence-electron chi connectivity index (χ4n) is 0.204. The Morgan fingerprint density at radius 2 is 1.62 bits per heavy atom. The van der Waals surface area contributed by atoms with Gasteiger partial charge in [-0.05, 0) is 13.8 Å². The summed E-state index contributed by atoms with van der Waals surface area (Å²) in [4.78, 5) is 0. The van der Waals surface area contributed by atoms with Gasteiger partial charge in [-0.25, -0.2) is 0 Å². The Morgan fingerprint density at radius 1 is 1.38 bits per heavy atom. The number of rotatable bonds is 2. The minimum Gasteiger partial charge on any atom is -0.382 e. The van der Waals surface area contributed by atoms with Crippen LogP contribution in [0.15, 0.2) is 0 Å². The maximum atomic E-state index is 7.32. The third-order valence-electron chi connectivity index (χ3n) is 0.408. The summed E-state index contributed by atoms with van der Waals surface area (Å²) in [6.45, 7) is 7.10. The van der Waals surface area contributed by atoms with Crippen LogP contribution in [0.4, 0.5) is 0 Å². The highest BCUT2D eigenvalue weighted by molar-refractivity contribution is 4.51. The molecule has 0 rings (SSSR count). The van der Waals surface area contributed by atoms with Crippen molar-refractivity contribution in [1.29, 1.82) is 5.26 Å². The van der Waals surface area contributed by atoms with Gasteiger partial charge >= 0.3 is 0 Å². The van der Waals surface area contributed by atoms with Crippen molar-refractivity contribution in [3.8, 4) is 6.07 Å². The minimum atomic E-state index is 0.844. The number of nitrogens with zero attached hydrogens (tertiary/aromatic N) is 1. The molecule has 0 atom stereocenters. The first-order valence-electron chi connectivity index (χ1n) is 2.72. The van der Waals surface area contributed by atoms with Gasteiger partial charge in [0.1, 0.15) is 0 Å². The Kier molecular flexibility index (Phi) is 21.0. The monoisotopic (exact) mass is 115 g/mol. The molecule has 2 nitrogen and oxygen atoms in total. The van der Waals surface area contributed by atoms with E-state index in [1.54, 1.807) is 6.07 Å². The van der Waals surface area contributed by atoms with E-state index < -0.39 is 0 Å². The molecule has 0 bridgehead atoms. The third kappa shape index (κ3) is 51.3. The number of hydrogen-bond acceptors (Lipinski definition) is 2. The maximum Gasteiger partial charge on any atom is 0.0587 e. The molecule has 0 spiro atoms. The van der Waals surface area contributed by atoms with Gasteiger partial charge in [-0.1, -0.05) is 0 Å². The molecule has 2 heteroatoms. The largest absolute Gasteiger partial charge is 0.382 e. The first kappa shape index (κ1) is 10.4. The smallest absolute Gasteiger partial charge is 0.0587 e. The van der Waals surface area contributed by atoms with E-state index in [0.29, 0.717) is 0 Å². The van der Waals surface area contributed by atoms with Crippen LogP contribution >= 0.6 is 0 Å². The highest BCUT2D eigenvalue weighted by Gasteiger charge is 1.64. The third-order valence-corrected chi connectivity index (χ3v) is 0.408. The van der Waals surface area contributed by atoms with E-state index in [-0.39, 0.29) is 0 Å². The van der Waals surface area contributed by atoms with Crippen molar-refractivity contribution in [2.24, 2.45) is 0 Å². The van der Waals surface area contributed by atoms with E-state index in [2.05, 4.69) is 0 Å². The molecule has 0 unspecified atom stereocenters. The van der Waals surface area contributed by atoms with Crippen LogP contribution in [0, 0.1) is 11.3 Å². The standard InChI is InChI=1S/C4H10O.C2H3N/c1-3-5-4-2;1-2-3/h3-4H2,1-2H3;1H3. The van der Waals surface area contributed by atoms with Gasteiger partial charge < -0.3 is 4.74 Å². The van der Waals surface area contributed by atoms with E-state index in [9.17, 15) is 0 Å². The highest BCUT2D eigenvalue weighted by Crippen LogP contribution is 1.64. The van der Waals surface area contributed by atoms with Crippen molar-refractivity contribution in [3.63, 3.8) is 0 Å². The van der Waals surface area contributed by atoms with Gasteiger partial charge in [0, 0.05) is 20.1 Å². The second kappa shape index (κ2) is 16.1. The molecular weight excluding hydrogens is 102 g/mol. The van der Waals surface area contributed by atoms with E-state index in [4.69, 9.17) is 10.00 Å². The van der Waals surface area contributed by atoms with E-state index in [1.165, 1.54) is 6.92 Å².